The number of hydrogen-bond donors (Lipinski definition) is 2. The largest absolute Gasteiger partial charge is 0.481 e. The summed E-state index contributed by atoms with van der Waals surface area (Å²) in [6.07, 6.45) is 0. The Morgan fingerprint density at radius 1 is 1.39 bits per heavy atom. The third-order valence-corrected chi connectivity index (χ3v) is 2.35. The van der Waals surface area contributed by atoms with Crippen LogP contribution < -0.4 is 5.32 Å². The van der Waals surface area contributed by atoms with E-state index in [1.165, 1.54) is 31.4 Å². The second kappa shape index (κ2) is 6.70. The number of carboxylic acids is 1. The Labute approximate surface area is 104 Å². The molecule has 1 rings (SSSR count). The molecular formula is C12H14FNO4. The highest BCUT2D eigenvalue weighted by atomic mass is 19.1. The number of nitrogens with one attached hydrogen (secondary N) is 1. The van der Waals surface area contributed by atoms with Crippen molar-refractivity contribution < 1.29 is 23.8 Å². The van der Waals surface area contributed by atoms with Gasteiger partial charge in [-0.2, -0.15) is 0 Å². The van der Waals surface area contributed by atoms with E-state index in [2.05, 4.69) is 10.1 Å². The molecule has 0 saturated heterocycles. The van der Waals surface area contributed by atoms with Crippen LogP contribution in [0.1, 0.15) is 11.5 Å². The van der Waals surface area contributed by atoms with Gasteiger partial charge in [0.2, 0.25) is 5.91 Å². The topological polar surface area (TPSA) is 75.6 Å². The van der Waals surface area contributed by atoms with E-state index >= 15 is 0 Å². The number of carbonyl (C=O) groups is 2. The van der Waals surface area contributed by atoms with Crippen molar-refractivity contribution >= 4 is 11.9 Å². The van der Waals surface area contributed by atoms with E-state index in [1.54, 1.807) is 0 Å². The number of ether oxygens (including phenoxy) is 1. The van der Waals surface area contributed by atoms with Gasteiger partial charge in [-0.25, -0.2) is 4.39 Å². The lowest BCUT2D eigenvalue weighted by Gasteiger charge is -2.13. The minimum atomic E-state index is -1.08. The van der Waals surface area contributed by atoms with Crippen LogP contribution in [0, 0.1) is 5.82 Å². The average molecular weight is 255 g/mol. The Morgan fingerprint density at radius 2 is 2.00 bits per heavy atom. The van der Waals surface area contributed by atoms with Crippen LogP contribution in [0.4, 0.5) is 4.39 Å². The summed E-state index contributed by atoms with van der Waals surface area (Å²) in [6, 6.07) is 5.14. The van der Waals surface area contributed by atoms with E-state index in [0.717, 1.165) is 0 Å². The maximum Gasteiger partial charge on any atom is 0.312 e. The van der Waals surface area contributed by atoms with Crippen LogP contribution in [0.25, 0.3) is 0 Å². The van der Waals surface area contributed by atoms with Gasteiger partial charge >= 0.3 is 5.97 Å². The van der Waals surface area contributed by atoms with Crippen molar-refractivity contribution in [2.75, 3.05) is 20.3 Å². The van der Waals surface area contributed by atoms with Crippen molar-refractivity contribution in [1.29, 1.82) is 0 Å². The molecule has 0 aliphatic rings. The molecule has 0 saturated carbocycles. The third kappa shape index (κ3) is 4.14. The van der Waals surface area contributed by atoms with Gasteiger partial charge in [0, 0.05) is 13.7 Å². The molecule has 98 valence electrons. The SMILES string of the molecule is COCC(=O)NCC(C(=O)O)c1ccc(F)cc1. The molecule has 6 heteroatoms. The smallest absolute Gasteiger partial charge is 0.312 e. The molecule has 1 aromatic rings. The fourth-order valence-corrected chi connectivity index (χ4v) is 1.44. The number of carbonyl (C=O) groups excluding carboxylic acids is 1. The summed E-state index contributed by atoms with van der Waals surface area (Å²) < 4.78 is 17.3. The van der Waals surface area contributed by atoms with E-state index in [-0.39, 0.29) is 13.2 Å². The molecule has 18 heavy (non-hydrogen) atoms. The van der Waals surface area contributed by atoms with Crippen molar-refractivity contribution in [2.45, 2.75) is 5.92 Å². The Kier molecular flexibility index (Phi) is 5.26. The van der Waals surface area contributed by atoms with Crippen molar-refractivity contribution in [1.82, 2.24) is 5.32 Å². The molecule has 1 unspecified atom stereocenters. The Bertz CT molecular complexity index is 419. The van der Waals surface area contributed by atoms with Crippen LogP contribution in [0.5, 0.6) is 0 Å². The highest BCUT2D eigenvalue weighted by Crippen LogP contribution is 2.15. The number of hydrogen-bond acceptors (Lipinski definition) is 3. The van der Waals surface area contributed by atoms with Gasteiger partial charge in [-0.15, -0.1) is 0 Å². The van der Waals surface area contributed by atoms with Gasteiger partial charge in [0.1, 0.15) is 12.4 Å². The predicted molar refractivity (Wildman–Crippen MR) is 61.7 cm³/mol. The summed E-state index contributed by atoms with van der Waals surface area (Å²) in [5.74, 6) is -2.83. The highest BCUT2D eigenvalue weighted by Gasteiger charge is 2.20. The van der Waals surface area contributed by atoms with Crippen molar-refractivity contribution in [2.24, 2.45) is 0 Å². The fraction of sp³-hybridized carbons (Fsp3) is 0.333. The second-order valence-corrected chi connectivity index (χ2v) is 3.68. The Balaban J connectivity index is 2.69. The first kappa shape index (κ1) is 14.1. The van der Waals surface area contributed by atoms with Gasteiger partial charge < -0.3 is 15.2 Å². The van der Waals surface area contributed by atoms with Gasteiger partial charge in [0.15, 0.2) is 0 Å². The van der Waals surface area contributed by atoms with E-state index < -0.39 is 23.6 Å². The average Bonchev–Trinajstić information content (AvgIpc) is 2.31. The van der Waals surface area contributed by atoms with E-state index in [0.29, 0.717) is 5.56 Å². The lowest BCUT2D eigenvalue weighted by atomic mass is 9.99. The number of rotatable bonds is 6. The number of amides is 1. The monoisotopic (exact) mass is 255 g/mol. The first-order valence-electron chi connectivity index (χ1n) is 5.28. The molecule has 0 heterocycles. The molecule has 0 aliphatic heterocycles. The molecule has 1 atom stereocenters. The molecule has 1 aromatic carbocycles. The number of benzene rings is 1. The molecule has 5 nitrogen and oxygen atoms in total. The number of carboxylic acid groups (broad SMARTS) is 1. The Morgan fingerprint density at radius 3 is 2.50 bits per heavy atom. The predicted octanol–water partition coefficient (Wildman–Crippen LogP) is 0.757. The first-order chi connectivity index (χ1) is 8.54. The van der Waals surface area contributed by atoms with Crippen LogP contribution >= 0.6 is 0 Å². The quantitative estimate of drug-likeness (QED) is 0.786. The summed E-state index contributed by atoms with van der Waals surface area (Å²) >= 11 is 0. The van der Waals surface area contributed by atoms with Crippen LogP contribution in [0.15, 0.2) is 24.3 Å². The first-order valence-corrected chi connectivity index (χ1v) is 5.28. The number of methoxy groups -OCH3 is 1. The molecule has 0 fully saturated rings. The minimum absolute atomic E-state index is 0.0663. The number of halogens is 1. The van der Waals surface area contributed by atoms with E-state index in [4.69, 9.17) is 5.11 Å². The van der Waals surface area contributed by atoms with Crippen molar-refractivity contribution in [3.8, 4) is 0 Å². The van der Waals surface area contributed by atoms with Crippen LogP contribution in [-0.4, -0.2) is 37.2 Å². The summed E-state index contributed by atoms with van der Waals surface area (Å²) in [5, 5.41) is 11.5. The maximum atomic E-state index is 12.7. The maximum absolute atomic E-state index is 12.7. The third-order valence-electron chi connectivity index (χ3n) is 2.35. The molecule has 0 radical (unpaired) electrons. The highest BCUT2D eigenvalue weighted by molar-refractivity contribution is 5.80. The van der Waals surface area contributed by atoms with Gasteiger partial charge in [-0.1, -0.05) is 12.1 Å². The lowest BCUT2D eigenvalue weighted by molar-refractivity contribution is -0.138. The van der Waals surface area contributed by atoms with Crippen LogP contribution in [0.2, 0.25) is 0 Å². The van der Waals surface area contributed by atoms with Gasteiger partial charge in [0.25, 0.3) is 0 Å². The fourth-order valence-electron chi connectivity index (χ4n) is 1.44. The van der Waals surface area contributed by atoms with E-state index in [1.807, 2.05) is 0 Å². The normalized spacial score (nSPS) is 11.9. The molecule has 2 N–H and O–H groups in total. The second-order valence-electron chi connectivity index (χ2n) is 3.68. The van der Waals surface area contributed by atoms with Gasteiger partial charge in [-0.3, -0.25) is 9.59 Å². The zero-order valence-corrected chi connectivity index (χ0v) is 9.85. The van der Waals surface area contributed by atoms with Crippen molar-refractivity contribution in [3.63, 3.8) is 0 Å². The summed E-state index contributed by atoms with van der Waals surface area (Å²) in [5.41, 5.74) is 0.432. The summed E-state index contributed by atoms with van der Waals surface area (Å²) in [7, 11) is 1.37. The molecule has 0 aliphatic carbocycles. The summed E-state index contributed by atoms with van der Waals surface area (Å²) in [6.45, 7) is -0.196. The number of aliphatic carboxylic acids is 1. The zero-order valence-electron chi connectivity index (χ0n) is 9.85. The Hall–Kier alpha value is -1.95. The van der Waals surface area contributed by atoms with Gasteiger partial charge in [-0.05, 0) is 17.7 Å². The minimum Gasteiger partial charge on any atom is -0.481 e. The van der Waals surface area contributed by atoms with Gasteiger partial charge in [0.05, 0.1) is 5.92 Å². The van der Waals surface area contributed by atoms with Crippen LogP contribution in [-0.2, 0) is 14.3 Å². The molecule has 1 amide bonds. The standard InChI is InChI=1S/C12H14FNO4/c1-18-7-11(15)14-6-10(12(16)17)8-2-4-9(13)5-3-8/h2-5,10H,6-7H2,1H3,(H,14,15)(H,16,17). The molecule has 0 bridgehead atoms. The van der Waals surface area contributed by atoms with Crippen LogP contribution in [0.3, 0.4) is 0 Å². The lowest BCUT2D eigenvalue weighted by Crippen LogP contribution is -2.33. The zero-order chi connectivity index (χ0) is 13.5. The molecule has 0 spiro atoms. The summed E-state index contributed by atoms with van der Waals surface area (Å²) in [4.78, 5) is 22.2. The molecular weight excluding hydrogens is 241 g/mol. The van der Waals surface area contributed by atoms with Crippen molar-refractivity contribution in [3.05, 3.63) is 35.6 Å². The van der Waals surface area contributed by atoms with E-state index in [9.17, 15) is 14.0 Å². The molecule has 0 aromatic heterocycles.